The number of amides is 2. The van der Waals surface area contributed by atoms with Crippen molar-refractivity contribution >= 4 is 23.4 Å². The zero-order chi connectivity index (χ0) is 14.7. The van der Waals surface area contributed by atoms with Gasteiger partial charge in [0.1, 0.15) is 0 Å². The minimum Gasteiger partial charge on any atom is -0.478 e. The summed E-state index contributed by atoms with van der Waals surface area (Å²) in [6.45, 7) is 0. The van der Waals surface area contributed by atoms with E-state index in [0.29, 0.717) is 11.4 Å². The fourth-order valence-electron chi connectivity index (χ4n) is 1.75. The zero-order valence-corrected chi connectivity index (χ0v) is 11.1. The SMILES string of the molecule is CN(C(=O)Nc1cnn(C)c1)c1ccccc1C(=O)O. The number of hydrogen-bond donors (Lipinski definition) is 2. The van der Waals surface area contributed by atoms with E-state index < -0.39 is 12.0 Å². The smallest absolute Gasteiger partial charge is 0.337 e. The number of hydrogen-bond acceptors (Lipinski definition) is 3. The van der Waals surface area contributed by atoms with Gasteiger partial charge >= 0.3 is 12.0 Å². The number of aryl methyl sites for hydroxylation is 1. The summed E-state index contributed by atoms with van der Waals surface area (Å²) in [7, 11) is 3.24. The van der Waals surface area contributed by atoms with Gasteiger partial charge in [0.05, 0.1) is 23.1 Å². The number of aromatic nitrogens is 2. The standard InChI is InChI=1S/C13H14N4O3/c1-16-8-9(7-14-16)15-13(20)17(2)11-6-4-3-5-10(11)12(18)19/h3-8H,1-2H3,(H,15,20)(H,18,19). The number of carbonyl (C=O) groups is 2. The van der Waals surface area contributed by atoms with Gasteiger partial charge in [0.15, 0.2) is 0 Å². The zero-order valence-electron chi connectivity index (χ0n) is 11.1. The Morgan fingerprint density at radius 2 is 2.05 bits per heavy atom. The van der Waals surface area contributed by atoms with Crippen LogP contribution in [0.3, 0.4) is 0 Å². The molecule has 2 amide bonds. The Balaban J connectivity index is 2.20. The third-order valence-corrected chi connectivity index (χ3v) is 2.76. The minimum atomic E-state index is -1.08. The van der Waals surface area contributed by atoms with Crippen molar-refractivity contribution in [2.75, 3.05) is 17.3 Å². The molecule has 0 saturated heterocycles. The van der Waals surface area contributed by atoms with Crippen molar-refractivity contribution in [1.82, 2.24) is 9.78 Å². The van der Waals surface area contributed by atoms with Crippen LogP contribution in [-0.4, -0.2) is 33.9 Å². The Labute approximate surface area is 115 Å². The first-order valence-electron chi connectivity index (χ1n) is 5.84. The lowest BCUT2D eigenvalue weighted by atomic mass is 10.1. The van der Waals surface area contributed by atoms with Gasteiger partial charge < -0.3 is 10.4 Å². The average Bonchev–Trinajstić information content (AvgIpc) is 2.83. The second-order valence-electron chi connectivity index (χ2n) is 4.21. The molecule has 0 aliphatic rings. The van der Waals surface area contributed by atoms with Crippen LogP contribution in [0.1, 0.15) is 10.4 Å². The maximum atomic E-state index is 12.1. The normalized spacial score (nSPS) is 10.1. The van der Waals surface area contributed by atoms with Gasteiger partial charge in [-0.15, -0.1) is 0 Å². The Morgan fingerprint density at radius 1 is 1.35 bits per heavy atom. The fraction of sp³-hybridized carbons (Fsp3) is 0.154. The number of carboxylic acid groups (broad SMARTS) is 1. The monoisotopic (exact) mass is 274 g/mol. The van der Waals surface area contributed by atoms with Gasteiger partial charge in [-0.2, -0.15) is 5.10 Å². The van der Waals surface area contributed by atoms with Gasteiger partial charge in [-0.1, -0.05) is 12.1 Å². The largest absolute Gasteiger partial charge is 0.478 e. The lowest BCUT2D eigenvalue weighted by Gasteiger charge is -2.19. The number of urea groups is 1. The molecule has 0 aliphatic heterocycles. The number of carbonyl (C=O) groups excluding carboxylic acids is 1. The van der Waals surface area contributed by atoms with E-state index in [-0.39, 0.29) is 5.56 Å². The summed E-state index contributed by atoms with van der Waals surface area (Å²) in [5.74, 6) is -1.08. The number of nitrogens with one attached hydrogen (secondary N) is 1. The first kappa shape index (κ1) is 13.6. The van der Waals surface area contributed by atoms with Crippen LogP contribution in [-0.2, 0) is 7.05 Å². The number of aromatic carboxylic acids is 1. The van der Waals surface area contributed by atoms with Crippen LogP contribution in [0.4, 0.5) is 16.2 Å². The van der Waals surface area contributed by atoms with E-state index in [4.69, 9.17) is 5.11 Å². The summed E-state index contributed by atoms with van der Waals surface area (Å²) in [5.41, 5.74) is 0.926. The van der Waals surface area contributed by atoms with E-state index in [0.717, 1.165) is 0 Å². The van der Waals surface area contributed by atoms with E-state index in [1.807, 2.05) is 0 Å². The van der Waals surface area contributed by atoms with Gasteiger partial charge in [0, 0.05) is 20.3 Å². The van der Waals surface area contributed by atoms with Crippen molar-refractivity contribution < 1.29 is 14.7 Å². The molecule has 0 saturated carbocycles. The number of benzene rings is 1. The van der Waals surface area contributed by atoms with Crippen LogP contribution in [0.5, 0.6) is 0 Å². The van der Waals surface area contributed by atoms with Crippen molar-refractivity contribution in [2.24, 2.45) is 7.05 Å². The van der Waals surface area contributed by atoms with E-state index in [9.17, 15) is 9.59 Å². The molecule has 1 aromatic carbocycles. The van der Waals surface area contributed by atoms with Crippen molar-refractivity contribution in [2.45, 2.75) is 0 Å². The van der Waals surface area contributed by atoms with E-state index >= 15 is 0 Å². The molecule has 20 heavy (non-hydrogen) atoms. The van der Waals surface area contributed by atoms with Gasteiger partial charge in [-0.25, -0.2) is 9.59 Å². The number of rotatable bonds is 3. The molecule has 0 aliphatic carbocycles. The Morgan fingerprint density at radius 3 is 2.65 bits per heavy atom. The molecule has 104 valence electrons. The molecule has 1 heterocycles. The summed E-state index contributed by atoms with van der Waals surface area (Å²) in [4.78, 5) is 24.5. The van der Waals surface area contributed by atoms with Crippen LogP contribution in [0.15, 0.2) is 36.7 Å². The highest BCUT2D eigenvalue weighted by Crippen LogP contribution is 2.20. The molecule has 2 N–H and O–H groups in total. The van der Waals surface area contributed by atoms with Gasteiger partial charge in [-0.05, 0) is 12.1 Å². The van der Waals surface area contributed by atoms with Crippen molar-refractivity contribution in [3.8, 4) is 0 Å². The summed E-state index contributed by atoms with van der Waals surface area (Å²) < 4.78 is 1.56. The predicted molar refractivity (Wildman–Crippen MR) is 74.0 cm³/mol. The lowest BCUT2D eigenvalue weighted by Crippen LogP contribution is -2.32. The van der Waals surface area contributed by atoms with Gasteiger partial charge in [0.25, 0.3) is 0 Å². The number of anilines is 2. The third-order valence-electron chi connectivity index (χ3n) is 2.76. The van der Waals surface area contributed by atoms with E-state index in [2.05, 4.69) is 10.4 Å². The Bertz CT molecular complexity index is 651. The first-order valence-corrected chi connectivity index (χ1v) is 5.84. The average molecular weight is 274 g/mol. The van der Waals surface area contributed by atoms with Crippen LogP contribution in [0.25, 0.3) is 0 Å². The molecule has 7 nitrogen and oxygen atoms in total. The van der Waals surface area contributed by atoms with Crippen molar-refractivity contribution in [3.05, 3.63) is 42.2 Å². The molecule has 7 heteroatoms. The van der Waals surface area contributed by atoms with E-state index in [1.165, 1.54) is 24.2 Å². The Kier molecular flexibility index (Phi) is 3.69. The summed E-state index contributed by atoms with van der Waals surface area (Å²) in [6, 6.07) is 5.87. The topological polar surface area (TPSA) is 87.5 Å². The minimum absolute atomic E-state index is 0.0661. The third kappa shape index (κ3) is 2.77. The molecule has 2 aromatic rings. The van der Waals surface area contributed by atoms with Crippen molar-refractivity contribution in [1.29, 1.82) is 0 Å². The summed E-state index contributed by atoms with van der Waals surface area (Å²) >= 11 is 0. The molecule has 0 fully saturated rings. The lowest BCUT2D eigenvalue weighted by molar-refractivity contribution is 0.0697. The number of carboxylic acids is 1. The Hall–Kier alpha value is -2.83. The van der Waals surface area contributed by atoms with Crippen LogP contribution in [0, 0.1) is 0 Å². The molecular formula is C13H14N4O3. The van der Waals surface area contributed by atoms with Gasteiger partial charge in [-0.3, -0.25) is 9.58 Å². The quantitative estimate of drug-likeness (QED) is 0.893. The highest BCUT2D eigenvalue weighted by atomic mass is 16.4. The highest BCUT2D eigenvalue weighted by Gasteiger charge is 2.18. The fourth-order valence-corrected chi connectivity index (χ4v) is 1.75. The summed E-state index contributed by atoms with van der Waals surface area (Å²) in [6.07, 6.45) is 3.16. The summed E-state index contributed by atoms with van der Waals surface area (Å²) in [5, 5.41) is 15.7. The molecule has 0 spiro atoms. The second-order valence-corrected chi connectivity index (χ2v) is 4.21. The molecule has 2 rings (SSSR count). The maximum Gasteiger partial charge on any atom is 0.337 e. The van der Waals surface area contributed by atoms with Crippen molar-refractivity contribution in [3.63, 3.8) is 0 Å². The maximum absolute atomic E-state index is 12.1. The van der Waals surface area contributed by atoms with Crippen LogP contribution >= 0.6 is 0 Å². The molecule has 0 atom stereocenters. The predicted octanol–water partition coefficient (Wildman–Crippen LogP) is 1.79. The van der Waals surface area contributed by atoms with Gasteiger partial charge in [0.2, 0.25) is 0 Å². The van der Waals surface area contributed by atoms with Crippen LogP contribution in [0.2, 0.25) is 0 Å². The van der Waals surface area contributed by atoms with E-state index in [1.54, 1.807) is 36.1 Å². The number of nitrogens with zero attached hydrogens (tertiary/aromatic N) is 3. The van der Waals surface area contributed by atoms with Crippen LogP contribution < -0.4 is 10.2 Å². The molecule has 0 unspecified atom stereocenters. The molecular weight excluding hydrogens is 260 g/mol. The second kappa shape index (κ2) is 5.43. The molecule has 1 aromatic heterocycles. The molecule has 0 radical (unpaired) electrons. The first-order chi connectivity index (χ1) is 9.49. The number of para-hydroxylation sites is 1. The highest BCUT2D eigenvalue weighted by molar-refractivity contribution is 6.05. The molecule has 0 bridgehead atoms.